The lowest BCUT2D eigenvalue weighted by atomic mass is 9.99. The van der Waals surface area contributed by atoms with E-state index < -0.39 is 0 Å². The van der Waals surface area contributed by atoms with E-state index in [9.17, 15) is 9.90 Å². The van der Waals surface area contributed by atoms with E-state index in [0.717, 1.165) is 22.3 Å². The van der Waals surface area contributed by atoms with E-state index in [2.05, 4.69) is 5.32 Å². The number of thioether (sulfide) groups is 1. The van der Waals surface area contributed by atoms with Gasteiger partial charge in [-0.05, 0) is 45.1 Å². The summed E-state index contributed by atoms with van der Waals surface area (Å²) in [6.45, 7) is 7.93. The zero-order valence-electron chi connectivity index (χ0n) is 12.3. The molecule has 0 aliphatic heterocycles. The van der Waals surface area contributed by atoms with Crippen LogP contribution >= 0.6 is 11.8 Å². The van der Waals surface area contributed by atoms with Crippen LogP contribution in [0.25, 0.3) is 0 Å². The average Bonchev–Trinajstić information content (AvgIpc) is 2.28. The Kier molecular flexibility index (Phi) is 5.88. The van der Waals surface area contributed by atoms with Gasteiger partial charge < -0.3 is 10.4 Å². The van der Waals surface area contributed by atoms with Gasteiger partial charge in [0.25, 0.3) is 5.91 Å². The summed E-state index contributed by atoms with van der Waals surface area (Å²) in [6.07, 6.45) is 1.94. The number of hydrogen-bond acceptors (Lipinski definition) is 3. The van der Waals surface area contributed by atoms with Crippen molar-refractivity contribution in [2.75, 3.05) is 12.9 Å². The van der Waals surface area contributed by atoms with Crippen LogP contribution in [0.5, 0.6) is 0 Å². The molecule has 0 aliphatic carbocycles. The largest absolute Gasteiger partial charge is 0.395 e. The number of benzene rings is 1. The molecule has 4 heteroatoms. The first-order valence-corrected chi connectivity index (χ1v) is 7.71. The highest BCUT2D eigenvalue weighted by atomic mass is 32.2. The number of aliphatic hydroxyl groups is 1. The Morgan fingerprint density at radius 3 is 2.26 bits per heavy atom. The third-order valence-electron chi connectivity index (χ3n) is 3.30. The molecule has 106 valence electrons. The minimum atomic E-state index is -0.0624. The maximum atomic E-state index is 12.3. The van der Waals surface area contributed by atoms with Crippen molar-refractivity contribution in [3.8, 4) is 0 Å². The molecule has 0 radical (unpaired) electrons. The van der Waals surface area contributed by atoms with E-state index in [1.807, 2.05) is 46.1 Å². The number of nitrogens with one attached hydrogen (secondary N) is 1. The van der Waals surface area contributed by atoms with Crippen LogP contribution in [0.3, 0.4) is 0 Å². The number of rotatable bonds is 5. The molecule has 1 aromatic rings. The average molecular weight is 281 g/mol. The van der Waals surface area contributed by atoms with Gasteiger partial charge in [-0.25, -0.2) is 0 Å². The summed E-state index contributed by atoms with van der Waals surface area (Å²) in [5.41, 5.74) is 3.89. The Hall–Kier alpha value is -1.00. The van der Waals surface area contributed by atoms with Crippen molar-refractivity contribution in [2.24, 2.45) is 0 Å². The van der Waals surface area contributed by atoms with Crippen molar-refractivity contribution in [3.05, 3.63) is 34.4 Å². The molecule has 0 spiro atoms. The van der Waals surface area contributed by atoms with Gasteiger partial charge in [0, 0.05) is 16.9 Å². The Balaban J connectivity index is 2.90. The lowest BCUT2D eigenvalue weighted by Crippen LogP contribution is -2.41. The molecule has 19 heavy (non-hydrogen) atoms. The zero-order chi connectivity index (χ0) is 14.6. The van der Waals surface area contributed by atoms with E-state index >= 15 is 0 Å². The molecule has 0 heterocycles. The monoisotopic (exact) mass is 281 g/mol. The number of carbonyl (C=O) groups excluding carboxylic acids is 1. The van der Waals surface area contributed by atoms with Gasteiger partial charge in [0.05, 0.1) is 6.61 Å². The quantitative estimate of drug-likeness (QED) is 0.871. The van der Waals surface area contributed by atoms with Gasteiger partial charge in [0.15, 0.2) is 0 Å². The summed E-state index contributed by atoms with van der Waals surface area (Å²) in [4.78, 5) is 12.3. The van der Waals surface area contributed by atoms with E-state index in [1.54, 1.807) is 11.8 Å². The summed E-state index contributed by atoms with van der Waals surface area (Å²) in [6, 6.07) is 3.97. The molecule has 0 fully saturated rings. The SMILES string of the molecule is CSC(CO)C(C)NC(=O)c1c(C)cc(C)cc1C. The Labute approximate surface area is 119 Å². The maximum Gasteiger partial charge on any atom is 0.252 e. The number of amides is 1. The Morgan fingerprint density at radius 1 is 1.32 bits per heavy atom. The van der Waals surface area contributed by atoms with Gasteiger partial charge in [-0.2, -0.15) is 11.8 Å². The van der Waals surface area contributed by atoms with Crippen LogP contribution in [0.15, 0.2) is 12.1 Å². The zero-order valence-corrected chi connectivity index (χ0v) is 13.1. The highest BCUT2D eigenvalue weighted by molar-refractivity contribution is 7.99. The summed E-state index contributed by atoms with van der Waals surface area (Å²) < 4.78 is 0. The van der Waals surface area contributed by atoms with E-state index in [0.29, 0.717) is 0 Å². The van der Waals surface area contributed by atoms with Gasteiger partial charge in [-0.15, -0.1) is 0 Å². The molecule has 1 amide bonds. The van der Waals surface area contributed by atoms with Crippen molar-refractivity contribution < 1.29 is 9.90 Å². The Morgan fingerprint density at radius 2 is 1.84 bits per heavy atom. The molecule has 0 aromatic heterocycles. The molecule has 0 saturated carbocycles. The normalized spacial score (nSPS) is 14.0. The second kappa shape index (κ2) is 6.96. The second-order valence-corrected chi connectivity index (χ2v) is 6.07. The molecular formula is C15H23NO2S. The van der Waals surface area contributed by atoms with Crippen molar-refractivity contribution in [3.63, 3.8) is 0 Å². The van der Waals surface area contributed by atoms with Gasteiger partial charge in [0.2, 0.25) is 0 Å². The van der Waals surface area contributed by atoms with E-state index in [4.69, 9.17) is 0 Å². The Bertz CT molecular complexity index is 432. The molecule has 0 aliphatic rings. The first-order chi connectivity index (χ1) is 8.90. The predicted molar refractivity (Wildman–Crippen MR) is 82.0 cm³/mol. The topological polar surface area (TPSA) is 49.3 Å². The first-order valence-electron chi connectivity index (χ1n) is 6.43. The smallest absolute Gasteiger partial charge is 0.252 e. The lowest BCUT2D eigenvalue weighted by Gasteiger charge is -2.22. The fourth-order valence-corrected chi connectivity index (χ4v) is 2.97. The van der Waals surface area contributed by atoms with Crippen LogP contribution in [0.4, 0.5) is 0 Å². The number of aliphatic hydroxyl groups excluding tert-OH is 1. The standard InChI is InChI=1S/C15H23NO2S/c1-9-6-10(2)14(11(3)7-9)15(18)16-12(4)13(8-17)19-5/h6-7,12-13,17H,8H2,1-5H3,(H,16,18). The van der Waals surface area contributed by atoms with Crippen LogP contribution in [0, 0.1) is 20.8 Å². The van der Waals surface area contributed by atoms with Gasteiger partial charge >= 0.3 is 0 Å². The highest BCUT2D eigenvalue weighted by Crippen LogP contribution is 2.17. The van der Waals surface area contributed by atoms with Crippen LogP contribution in [0.2, 0.25) is 0 Å². The van der Waals surface area contributed by atoms with Crippen LogP contribution in [0.1, 0.15) is 34.0 Å². The van der Waals surface area contributed by atoms with Gasteiger partial charge in [-0.3, -0.25) is 4.79 Å². The van der Waals surface area contributed by atoms with Gasteiger partial charge in [0.1, 0.15) is 0 Å². The predicted octanol–water partition coefficient (Wildman–Crippen LogP) is 2.45. The minimum absolute atomic E-state index is 0.0232. The minimum Gasteiger partial charge on any atom is -0.395 e. The number of hydrogen-bond donors (Lipinski definition) is 2. The first kappa shape index (κ1) is 16.1. The van der Waals surface area contributed by atoms with Crippen molar-refractivity contribution >= 4 is 17.7 Å². The summed E-state index contributed by atoms with van der Waals surface area (Å²) in [7, 11) is 0. The molecule has 2 atom stereocenters. The van der Waals surface area contributed by atoms with Gasteiger partial charge in [-0.1, -0.05) is 17.7 Å². The molecule has 2 unspecified atom stereocenters. The third-order valence-corrected chi connectivity index (χ3v) is 4.47. The molecule has 1 aromatic carbocycles. The number of carbonyl (C=O) groups is 1. The molecule has 1 rings (SSSR count). The van der Waals surface area contributed by atoms with Crippen molar-refractivity contribution in [1.82, 2.24) is 5.32 Å². The van der Waals surface area contributed by atoms with Crippen LogP contribution in [-0.2, 0) is 0 Å². The summed E-state index contributed by atoms with van der Waals surface area (Å²) in [5.74, 6) is -0.0602. The summed E-state index contributed by atoms with van der Waals surface area (Å²) >= 11 is 1.56. The van der Waals surface area contributed by atoms with Crippen molar-refractivity contribution in [2.45, 2.75) is 39.0 Å². The van der Waals surface area contributed by atoms with Crippen LogP contribution < -0.4 is 5.32 Å². The lowest BCUT2D eigenvalue weighted by molar-refractivity contribution is 0.0934. The highest BCUT2D eigenvalue weighted by Gasteiger charge is 2.20. The molecule has 3 nitrogen and oxygen atoms in total. The fourth-order valence-electron chi connectivity index (χ4n) is 2.35. The maximum absolute atomic E-state index is 12.3. The molecule has 0 saturated heterocycles. The third kappa shape index (κ3) is 3.98. The molecular weight excluding hydrogens is 258 g/mol. The molecule has 2 N–H and O–H groups in total. The fraction of sp³-hybridized carbons (Fsp3) is 0.533. The number of aryl methyl sites for hydroxylation is 3. The van der Waals surface area contributed by atoms with E-state index in [-0.39, 0.29) is 23.8 Å². The summed E-state index contributed by atoms with van der Waals surface area (Å²) in [5, 5.41) is 12.3. The second-order valence-electron chi connectivity index (χ2n) is 4.99. The molecule has 0 bridgehead atoms. The van der Waals surface area contributed by atoms with Crippen molar-refractivity contribution in [1.29, 1.82) is 0 Å². The van der Waals surface area contributed by atoms with E-state index in [1.165, 1.54) is 0 Å². The van der Waals surface area contributed by atoms with Crippen LogP contribution in [-0.4, -0.2) is 35.2 Å².